The van der Waals surface area contributed by atoms with Crippen molar-refractivity contribution in [3.63, 3.8) is 0 Å². The van der Waals surface area contributed by atoms with Gasteiger partial charge in [-0.3, -0.25) is 9.59 Å². The van der Waals surface area contributed by atoms with E-state index in [1.54, 1.807) is 18.2 Å². The number of benzene rings is 1. The molecule has 1 fully saturated rings. The Kier molecular flexibility index (Phi) is 5.59. The van der Waals surface area contributed by atoms with Gasteiger partial charge in [0.1, 0.15) is 0 Å². The average Bonchev–Trinajstić information content (AvgIpc) is 2.93. The first-order chi connectivity index (χ1) is 10.0. The number of amides is 2. The molecule has 2 rings (SSSR count). The minimum absolute atomic E-state index is 0.0157. The third-order valence-corrected chi connectivity index (χ3v) is 3.83. The highest BCUT2D eigenvalue weighted by atomic mass is 35.5. The first-order valence-electron chi connectivity index (χ1n) is 7.12. The lowest BCUT2D eigenvalue weighted by atomic mass is 10.0. The summed E-state index contributed by atoms with van der Waals surface area (Å²) < 4.78 is 0. The zero-order chi connectivity index (χ0) is 15.2. The number of rotatable bonds is 5. The zero-order valence-corrected chi connectivity index (χ0v) is 12.8. The number of carbonyl (C=O) groups is 2. The van der Waals surface area contributed by atoms with E-state index in [0.29, 0.717) is 28.7 Å². The summed E-state index contributed by atoms with van der Waals surface area (Å²) in [7, 11) is 0. The van der Waals surface area contributed by atoms with Gasteiger partial charge in [-0.25, -0.2) is 0 Å². The molecule has 1 unspecified atom stereocenters. The van der Waals surface area contributed by atoms with Crippen LogP contribution in [0.3, 0.4) is 0 Å². The van der Waals surface area contributed by atoms with Crippen LogP contribution in [0, 0.1) is 5.92 Å². The number of carbonyl (C=O) groups excluding carboxylic acids is 2. The zero-order valence-electron chi connectivity index (χ0n) is 12.0. The molecule has 5 nitrogen and oxygen atoms in total. The highest BCUT2D eigenvalue weighted by molar-refractivity contribution is 6.33. The van der Waals surface area contributed by atoms with Crippen molar-refractivity contribution in [1.29, 1.82) is 0 Å². The van der Waals surface area contributed by atoms with Gasteiger partial charge < -0.3 is 16.0 Å². The number of halogens is 1. The van der Waals surface area contributed by atoms with E-state index in [1.165, 1.54) is 6.92 Å². The van der Waals surface area contributed by atoms with E-state index < -0.39 is 0 Å². The first-order valence-corrected chi connectivity index (χ1v) is 7.50. The quantitative estimate of drug-likeness (QED) is 0.783. The second-order valence-electron chi connectivity index (χ2n) is 5.32. The first kappa shape index (κ1) is 15.8. The summed E-state index contributed by atoms with van der Waals surface area (Å²) in [6, 6.07) is 5.05. The summed E-state index contributed by atoms with van der Waals surface area (Å²) >= 11 is 5.99. The molecule has 1 aliphatic rings. The molecule has 0 aliphatic carbocycles. The molecule has 0 radical (unpaired) electrons. The largest absolute Gasteiger partial charge is 0.326 e. The Morgan fingerprint density at radius 2 is 2.19 bits per heavy atom. The highest BCUT2D eigenvalue weighted by Crippen LogP contribution is 2.25. The van der Waals surface area contributed by atoms with Crippen molar-refractivity contribution in [2.45, 2.75) is 26.2 Å². The highest BCUT2D eigenvalue weighted by Gasteiger charge is 2.15. The van der Waals surface area contributed by atoms with Gasteiger partial charge in [0.05, 0.1) is 10.7 Å². The monoisotopic (exact) mass is 309 g/mol. The maximum absolute atomic E-state index is 11.9. The molecule has 0 aromatic heterocycles. The number of hydrogen-bond donors (Lipinski definition) is 3. The lowest BCUT2D eigenvalue weighted by molar-refractivity contribution is -0.116. The van der Waals surface area contributed by atoms with Crippen LogP contribution in [0.1, 0.15) is 26.2 Å². The van der Waals surface area contributed by atoms with Crippen molar-refractivity contribution < 1.29 is 9.59 Å². The Labute approximate surface area is 129 Å². The molecule has 1 aliphatic heterocycles. The van der Waals surface area contributed by atoms with Crippen molar-refractivity contribution in [2.75, 3.05) is 23.7 Å². The van der Waals surface area contributed by atoms with E-state index >= 15 is 0 Å². The molecule has 3 N–H and O–H groups in total. The van der Waals surface area contributed by atoms with Gasteiger partial charge in [0.15, 0.2) is 0 Å². The second-order valence-corrected chi connectivity index (χ2v) is 5.73. The summed E-state index contributed by atoms with van der Waals surface area (Å²) in [5.74, 6) is 0.378. The van der Waals surface area contributed by atoms with Crippen LogP contribution in [0.25, 0.3) is 0 Å². The van der Waals surface area contributed by atoms with E-state index in [4.69, 9.17) is 11.6 Å². The van der Waals surface area contributed by atoms with Gasteiger partial charge in [-0.2, -0.15) is 0 Å². The predicted octanol–water partition coefficient (Wildman–Crippen LogP) is 2.63. The fraction of sp³-hybridized carbons (Fsp3) is 0.467. The molecular weight excluding hydrogens is 290 g/mol. The molecule has 0 spiro atoms. The van der Waals surface area contributed by atoms with Gasteiger partial charge >= 0.3 is 0 Å². The third-order valence-electron chi connectivity index (χ3n) is 3.50. The molecule has 1 aromatic rings. The van der Waals surface area contributed by atoms with E-state index in [2.05, 4.69) is 16.0 Å². The summed E-state index contributed by atoms with van der Waals surface area (Å²) in [6.45, 7) is 3.46. The van der Waals surface area contributed by atoms with Crippen molar-refractivity contribution in [3.8, 4) is 0 Å². The van der Waals surface area contributed by atoms with Crippen molar-refractivity contribution in [3.05, 3.63) is 23.2 Å². The number of anilines is 2. The van der Waals surface area contributed by atoms with Gasteiger partial charge in [-0.1, -0.05) is 11.6 Å². The summed E-state index contributed by atoms with van der Waals surface area (Å²) in [5.41, 5.74) is 1.14. The molecule has 1 heterocycles. The smallest absolute Gasteiger partial charge is 0.224 e. The SMILES string of the molecule is CC(=O)Nc1cc(NC(=O)CCC2CCNC2)ccc1Cl. The van der Waals surface area contributed by atoms with Gasteiger partial charge in [-0.15, -0.1) is 0 Å². The van der Waals surface area contributed by atoms with Gasteiger partial charge in [0.25, 0.3) is 0 Å². The maximum atomic E-state index is 11.9. The molecule has 6 heteroatoms. The third kappa shape index (κ3) is 5.02. The molecule has 1 atom stereocenters. The van der Waals surface area contributed by atoms with Crippen LogP contribution in [-0.4, -0.2) is 24.9 Å². The summed E-state index contributed by atoms with van der Waals surface area (Å²) in [6.07, 6.45) is 2.54. The van der Waals surface area contributed by atoms with E-state index in [-0.39, 0.29) is 11.8 Å². The second kappa shape index (κ2) is 7.43. The molecule has 21 heavy (non-hydrogen) atoms. The lowest BCUT2D eigenvalue weighted by Crippen LogP contribution is -2.15. The molecule has 2 amide bonds. The van der Waals surface area contributed by atoms with E-state index in [0.717, 1.165) is 25.9 Å². The molecule has 0 saturated carbocycles. The van der Waals surface area contributed by atoms with Crippen LogP contribution in [0.4, 0.5) is 11.4 Å². The summed E-state index contributed by atoms with van der Waals surface area (Å²) in [5, 5.41) is 9.21. The van der Waals surface area contributed by atoms with Crippen LogP contribution >= 0.6 is 11.6 Å². The molecular formula is C15H20ClN3O2. The van der Waals surface area contributed by atoms with Gasteiger partial charge in [0, 0.05) is 19.0 Å². The van der Waals surface area contributed by atoms with Crippen LogP contribution in [0.5, 0.6) is 0 Å². The minimum atomic E-state index is -0.200. The molecule has 1 aromatic carbocycles. The van der Waals surface area contributed by atoms with Crippen molar-refractivity contribution in [1.82, 2.24) is 5.32 Å². The van der Waals surface area contributed by atoms with E-state index in [1.807, 2.05) is 0 Å². The fourth-order valence-corrected chi connectivity index (χ4v) is 2.57. The predicted molar refractivity (Wildman–Crippen MR) is 84.6 cm³/mol. The lowest BCUT2D eigenvalue weighted by Gasteiger charge is -2.11. The van der Waals surface area contributed by atoms with Crippen LogP contribution < -0.4 is 16.0 Å². The summed E-state index contributed by atoms with van der Waals surface area (Å²) in [4.78, 5) is 23.0. The van der Waals surface area contributed by atoms with Crippen LogP contribution in [0.15, 0.2) is 18.2 Å². The van der Waals surface area contributed by atoms with Crippen molar-refractivity contribution >= 4 is 34.8 Å². The normalized spacial score (nSPS) is 17.5. The standard InChI is InChI=1S/C15H20ClN3O2/c1-10(20)18-14-8-12(3-4-13(14)16)19-15(21)5-2-11-6-7-17-9-11/h3-4,8,11,17H,2,5-7,9H2,1H3,(H,18,20)(H,19,21). The van der Waals surface area contributed by atoms with Crippen LogP contribution in [-0.2, 0) is 9.59 Å². The van der Waals surface area contributed by atoms with Gasteiger partial charge in [-0.05, 0) is 50.0 Å². The fourth-order valence-electron chi connectivity index (χ4n) is 2.41. The molecule has 114 valence electrons. The minimum Gasteiger partial charge on any atom is -0.326 e. The van der Waals surface area contributed by atoms with Crippen LogP contribution in [0.2, 0.25) is 5.02 Å². The Morgan fingerprint density at radius 1 is 1.38 bits per heavy atom. The Bertz CT molecular complexity index is 528. The Hall–Kier alpha value is -1.59. The van der Waals surface area contributed by atoms with Gasteiger partial charge in [0.2, 0.25) is 11.8 Å². The van der Waals surface area contributed by atoms with E-state index in [9.17, 15) is 9.59 Å². The number of nitrogens with one attached hydrogen (secondary N) is 3. The molecule has 0 bridgehead atoms. The topological polar surface area (TPSA) is 70.2 Å². The average molecular weight is 310 g/mol. The molecule has 1 saturated heterocycles. The Morgan fingerprint density at radius 3 is 2.86 bits per heavy atom. The maximum Gasteiger partial charge on any atom is 0.224 e. The Balaban J connectivity index is 1.89. The van der Waals surface area contributed by atoms with Crippen molar-refractivity contribution in [2.24, 2.45) is 5.92 Å². The number of hydrogen-bond acceptors (Lipinski definition) is 3.